The van der Waals surface area contributed by atoms with Gasteiger partial charge in [0.05, 0.1) is 0 Å². The van der Waals surface area contributed by atoms with Gasteiger partial charge in [0.1, 0.15) is 0 Å². The smallest absolute Gasteiger partial charge is 0.282 e. The van der Waals surface area contributed by atoms with Gasteiger partial charge >= 0.3 is 0 Å². The topological polar surface area (TPSA) is 60.0 Å². The highest BCUT2D eigenvalue weighted by atomic mass is 32.2. The molecule has 23 heavy (non-hydrogen) atoms. The third-order valence-corrected chi connectivity index (χ3v) is 6.63. The summed E-state index contributed by atoms with van der Waals surface area (Å²) < 4.78 is 28.8. The van der Waals surface area contributed by atoms with Crippen molar-refractivity contribution in [2.24, 2.45) is 0 Å². The number of likely N-dealkylation sites (N-methyl/N-ethyl adjacent to an activating group) is 1. The summed E-state index contributed by atoms with van der Waals surface area (Å²) in [6, 6.07) is 4.03. The molecule has 2 fully saturated rings. The van der Waals surface area contributed by atoms with E-state index in [0.29, 0.717) is 26.2 Å². The van der Waals surface area contributed by atoms with Gasteiger partial charge in [0.2, 0.25) is 0 Å². The Hall–Kier alpha value is -1.22. The van der Waals surface area contributed by atoms with E-state index in [1.165, 1.54) is 0 Å². The van der Waals surface area contributed by atoms with Gasteiger partial charge in [-0.15, -0.1) is 0 Å². The van der Waals surface area contributed by atoms with Crippen molar-refractivity contribution in [1.82, 2.24) is 18.5 Å². The van der Waals surface area contributed by atoms with Crippen LogP contribution in [0.5, 0.6) is 0 Å². The van der Waals surface area contributed by atoms with E-state index >= 15 is 0 Å². The fraction of sp³-hybridized carbons (Fsp3) is 0.667. The van der Waals surface area contributed by atoms with Crippen molar-refractivity contribution < 1.29 is 8.42 Å². The first kappa shape index (κ1) is 16.6. The van der Waals surface area contributed by atoms with E-state index in [1.807, 2.05) is 26.1 Å². The van der Waals surface area contributed by atoms with Crippen LogP contribution in [0.3, 0.4) is 0 Å². The fourth-order valence-electron chi connectivity index (χ4n) is 3.09. The van der Waals surface area contributed by atoms with Crippen LogP contribution in [0.4, 0.5) is 5.69 Å². The van der Waals surface area contributed by atoms with Gasteiger partial charge in [0, 0.05) is 69.9 Å². The summed E-state index contributed by atoms with van der Waals surface area (Å²) >= 11 is 0. The maximum absolute atomic E-state index is 12.7. The summed E-state index contributed by atoms with van der Waals surface area (Å²) in [5.74, 6) is 0. The van der Waals surface area contributed by atoms with E-state index in [4.69, 9.17) is 0 Å². The summed E-state index contributed by atoms with van der Waals surface area (Å²) in [6.07, 6.45) is 1.80. The second kappa shape index (κ2) is 6.72. The molecule has 1 aromatic heterocycles. The average Bonchev–Trinajstić information content (AvgIpc) is 2.55. The Morgan fingerprint density at radius 1 is 0.957 bits per heavy atom. The minimum atomic E-state index is -3.32. The van der Waals surface area contributed by atoms with E-state index in [0.717, 1.165) is 37.6 Å². The van der Waals surface area contributed by atoms with E-state index in [1.54, 1.807) is 14.8 Å². The van der Waals surface area contributed by atoms with Crippen molar-refractivity contribution in [3.63, 3.8) is 0 Å². The second-order valence-electron chi connectivity index (χ2n) is 6.25. The lowest BCUT2D eigenvalue weighted by atomic mass is 10.2. The molecular formula is C15H25N5O2S. The molecule has 0 unspecified atom stereocenters. The van der Waals surface area contributed by atoms with Crippen molar-refractivity contribution in [2.45, 2.75) is 6.92 Å². The molecule has 8 heteroatoms. The summed E-state index contributed by atoms with van der Waals surface area (Å²) in [6.45, 7) is 7.26. The van der Waals surface area contributed by atoms with Gasteiger partial charge in [-0.3, -0.25) is 4.98 Å². The van der Waals surface area contributed by atoms with Crippen molar-refractivity contribution >= 4 is 15.9 Å². The number of pyridine rings is 1. The maximum atomic E-state index is 12.7. The van der Waals surface area contributed by atoms with Crippen molar-refractivity contribution in [3.05, 3.63) is 24.0 Å². The van der Waals surface area contributed by atoms with Crippen LogP contribution >= 0.6 is 0 Å². The van der Waals surface area contributed by atoms with Gasteiger partial charge < -0.3 is 9.80 Å². The van der Waals surface area contributed by atoms with Crippen LogP contribution in [0, 0.1) is 6.92 Å². The second-order valence-corrected chi connectivity index (χ2v) is 8.18. The lowest BCUT2D eigenvalue weighted by molar-refractivity contribution is 0.210. The summed E-state index contributed by atoms with van der Waals surface area (Å²) in [4.78, 5) is 8.60. The molecule has 0 aromatic carbocycles. The molecule has 2 saturated heterocycles. The van der Waals surface area contributed by atoms with E-state index in [9.17, 15) is 8.42 Å². The Kier molecular flexibility index (Phi) is 4.86. The Balaban J connectivity index is 1.62. The SMILES string of the molecule is Cc1cc(N2CCN(S(=O)(=O)N3CCN(C)CC3)CC2)ccn1. The first-order valence-electron chi connectivity index (χ1n) is 8.08. The molecule has 0 N–H and O–H groups in total. The van der Waals surface area contributed by atoms with Gasteiger partial charge in [-0.25, -0.2) is 0 Å². The van der Waals surface area contributed by atoms with Crippen molar-refractivity contribution in [2.75, 3.05) is 64.3 Å². The molecule has 0 spiro atoms. The molecule has 2 aliphatic heterocycles. The number of piperazine rings is 2. The lowest BCUT2D eigenvalue weighted by Crippen LogP contribution is -2.56. The first-order chi connectivity index (χ1) is 11.0. The number of anilines is 1. The number of hydrogen-bond donors (Lipinski definition) is 0. The molecule has 1 aromatic rings. The van der Waals surface area contributed by atoms with Crippen LogP contribution in [-0.4, -0.2) is 86.3 Å². The van der Waals surface area contributed by atoms with E-state index in [-0.39, 0.29) is 0 Å². The van der Waals surface area contributed by atoms with Crippen LogP contribution in [0.1, 0.15) is 5.69 Å². The zero-order chi connectivity index (χ0) is 16.4. The van der Waals surface area contributed by atoms with Crippen molar-refractivity contribution in [1.29, 1.82) is 0 Å². The Labute approximate surface area is 138 Å². The minimum Gasteiger partial charge on any atom is -0.369 e. The monoisotopic (exact) mass is 339 g/mol. The Bertz CT molecular complexity index is 635. The molecular weight excluding hydrogens is 314 g/mol. The van der Waals surface area contributed by atoms with Gasteiger partial charge in [-0.2, -0.15) is 17.0 Å². The number of aromatic nitrogens is 1. The third-order valence-electron chi connectivity index (χ3n) is 4.60. The first-order valence-corrected chi connectivity index (χ1v) is 9.48. The standard InChI is InChI=1S/C15H25N5O2S/c1-14-13-15(3-4-16-14)18-7-11-20(12-8-18)23(21,22)19-9-5-17(2)6-10-19/h3-4,13H,5-12H2,1-2H3. The average molecular weight is 339 g/mol. The summed E-state index contributed by atoms with van der Waals surface area (Å²) in [5.41, 5.74) is 2.10. The predicted octanol–water partition coefficient (Wildman–Crippen LogP) is 0.00422. The highest BCUT2D eigenvalue weighted by Crippen LogP contribution is 2.19. The van der Waals surface area contributed by atoms with Gasteiger partial charge in [0.25, 0.3) is 10.2 Å². The maximum Gasteiger partial charge on any atom is 0.282 e. The number of nitrogens with zero attached hydrogens (tertiary/aromatic N) is 5. The molecule has 128 valence electrons. The molecule has 3 heterocycles. The number of rotatable bonds is 3. The predicted molar refractivity (Wildman–Crippen MR) is 90.7 cm³/mol. The highest BCUT2D eigenvalue weighted by Gasteiger charge is 2.33. The molecule has 0 saturated carbocycles. The zero-order valence-electron chi connectivity index (χ0n) is 13.8. The molecule has 3 rings (SSSR count). The Morgan fingerprint density at radius 2 is 1.52 bits per heavy atom. The highest BCUT2D eigenvalue weighted by molar-refractivity contribution is 7.86. The van der Waals surface area contributed by atoms with Crippen LogP contribution in [-0.2, 0) is 10.2 Å². The van der Waals surface area contributed by atoms with Gasteiger partial charge in [0.15, 0.2) is 0 Å². The zero-order valence-corrected chi connectivity index (χ0v) is 14.7. The molecule has 0 aliphatic carbocycles. The normalized spacial score (nSPS) is 22.4. The molecule has 0 radical (unpaired) electrons. The van der Waals surface area contributed by atoms with Crippen LogP contribution in [0.25, 0.3) is 0 Å². The van der Waals surface area contributed by atoms with Gasteiger partial charge in [-0.1, -0.05) is 0 Å². The summed E-state index contributed by atoms with van der Waals surface area (Å²) in [5, 5.41) is 0. The molecule has 0 amide bonds. The molecule has 7 nitrogen and oxygen atoms in total. The Morgan fingerprint density at radius 3 is 2.09 bits per heavy atom. The molecule has 0 bridgehead atoms. The largest absolute Gasteiger partial charge is 0.369 e. The van der Waals surface area contributed by atoms with E-state index in [2.05, 4.69) is 14.8 Å². The van der Waals surface area contributed by atoms with Crippen LogP contribution < -0.4 is 4.90 Å². The fourth-order valence-corrected chi connectivity index (χ4v) is 4.66. The number of aryl methyl sites for hydroxylation is 1. The summed E-state index contributed by atoms with van der Waals surface area (Å²) in [7, 11) is -1.29. The number of hydrogen-bond acceptors (Lipinski definition) is 5. The molecule has 2 aliphatic rings. The molecule has 0 atom stereocenters. The quantitative estimate of drug-likeness (QED) is 0.776. The van der Waals surface area contributed by atoms with Crippen molar-refractivity contribution in [3.8, 4) is 0 Å². The third kappa shape index (κ3) is 3.65. The minimum absolute atomic E-state index is 0.538. The van der Waals surface area contributed by atoms with E-state index < -0.39 is 10.2 Å². The van der Waals surface area contributed by atoms with Gasteiger partial charge in [-0.05, 0) is 26.1 Å². The van der Waals surface area contributed by atoms with Crippen LogP contribution in [0.2, 0.25) is 0 Å². The lowest BCUT2D eigenvalue weighted by Gasteiger charge is -2.39. The van der Waals surface area contributed by atoms with Crippen LogP contribution in [0.15, 0.2) is 18.3 Å².